The zero-order chi connectivity index (χ0) is 21.1. The number of rotatable bonds is 6. The van der Waals surface area contributed by atoms with E-state index in [1.807, 2.05) is 43.3 Å². The molecule has 1 fully saturated rings. The third-order valence-corrected chi connectivity index (χ3v) is 6.43. The molecule has 2 aromatic rings. The number of amides is 1. The molecule has 2 aliphatic rings. The monoisotopic (exact) mass is 412 g/mol. The van der Waals surface area contributed by atoms with Gasteiger partial charge in [-0.1, -0.05) is 12.1 Å². The summed E-state index contributed by atoms with van der Waals surface area (Å²) in [4.78, 5) is 21.9. The number of carbonyl (C=O) groups excluding carboxylic acids is 1. The Morgan fingerprint density at radius 2 is 1.93 bits per heavy atom. The van der Waals surface area contributed by atoms with Crippen molar-refractivity contribution < 1.29 is 14.3 Å². The molecule has 0 aliphatic carbocycles. The highest BCUT2D eigenvalue weighted by atomic mass is 16.5. The number of methoxy groups -OCH3 is 1. The van der Waals surface area contributed by atoms with Crippen molar-refractivity contribution in [3.05, 3.63) is 48.0 Å². The minimum Gasteiger partial charge on any atom is -0.497 e. The Morgan fingerprint density at radius 1 is 1.23 bits per heavy atom. The zero-order valence-electron chi connectivity index (χ0n) is 18.2. The maximum atomic E-state index is 13.0. The van der Waals surface area contributed by atoms with E-state index in [9.17, 15) is 4.79 Å². The summed E-state index contributed by atoms with van der Waals surface area (Å²) >= 11 is 0. The molecule has 1 spiro atoms. The van der Waals surface area contributed by atoms with Crippen molar-refractivity contribution in [3.8, 4) is 5.75 Å². The fourth-order valence-electron chi connectivity index (χ4n) is 4.67. The number of hydrogen-bond donors (Lipinski definition) is 0. The van der Waals surface area contributed by atoms with Gasteiger partial charge in [-0.3, -0.25) is 9.69 Å². The number of hydrogen-bond acceptors (Lipinski definition) is 5. The summed E-state index contributed by atoms with van der Waals surface area (Å²) in [6.07, 6.45) is 5.03. The fraction of sp³-hybridized carbons (Fsp3) is 0.565. The zero-order valence-corrected chi connectivity index (χ0v) is 18.2. The van der Waals surface area contributed by atoms with Gasteiger partial charge in [0.25, 0.3) is 5.91 Å². The number of aromatic nitrogens is 2. The molecule has 7 heteroatoms. The average molecular weight is 413 g/mol. The average Bonchev–Trinajstić information content (AvgIpc) is 3.26. The van der Waals surface area contributed by atoms with E-state index in [-0.39, 0.29) is 5.91 Å². The van der Waals surface area contributed by atoms with E-state index < -0.39 is 11.7 Å². The van der Waals surface area contributed by atoms with Gasteiger partial charge in [-0.15, -0.1) is 0 Å². The van der Waals surface area contributed by atoms with Gasteiger partial charge in [0, 0.05) is 45.1 Å². The predicted octanol–water partition coefficient (Wildman–Crippen LogP) is 2.65. The second-order valence-corrected chi connectivity index (χ2v) is 8.14. The molecule has 4 rings (SSSR count). The summed E-state index contributed by atoms with van der Waals surface area (Å²) in [7, 11) is 1.69. The number of likely N-dealkylation sites (tertiary alicyclic amines) is 1. The molecule has 0 radical (unpaired) electrons. The topological polar surface area (TPSA) is 59.8 Å². The summed E-state index contributed by atoms with van der Waals surface area (Å²) in [6.45, 7) is 8.69. The maximum absolute atomic E-state index is 13.0. The van der Waals surface area contributed by atoms with Crippen LogP contribution in [0.25, 0.3) is 0 Å². The van der Waals surface area contributed by atoms with Crippen LogP contribution in [0.4, 0.5) is 0 Å². The van der Waals surface area contributed by atoms with Crippen molar-refractivity contribution in [1.29, 1.82) is 0 Å². The lowest BCUT2D eigenvalue weighted by Crippen LogP contribution is -2.54. The van der Waals surface area contributed by atoms with Gasteiger partial charge in [-0.2, -0.15) is 0 Å². The number of benzene rings is 1. The Kier molecular flexibility index (Phi) is 6.11. The number of imidazole rings is 1. The first-order chi connectivity index (χ1) is 14.6. The molecule has 1 unspecified atom stereocenters. The van der Waals surface area contributed by atoms with Crippen molar-refractivity contribution in [2.24, 2.45) is 0 Å². The summed E-state index contributed by atoms with van der Waals surface area (Å²) in [5.41, 5.74) is 0.790. The van der Waals surface area contributed by atoms with Crippen molar-refractivity contribution in [3.63, 3.8) is 0 Å². The van der Waals surface area contributed by atoms with Crippen LogP contribution in [-0.2, 0) is 28.2 Å². The van der Waals surface area contributed by atoms with Crippen LogP contribution in [0.15, 0.2) is 36.7 Å². The Morgan fingerprint density at radius 3 is 2.57 bits per heavy atom. The number of nitrogens with zero attached hydrogens (tertiary/aromatic N) is 4. The van der Waals surface area contributed by atoms with Crippen LogP contribution in [0.1, 0.15) is 38.1 Å². The number of fused-ring (bicyclic) bond motifs is 2. The molecule has 162 valence electrons. The van der Waals surface area contributed by atoms with Crippen LogP contribution in [-0.4, -0.2) is 64.7 Å². The first kappa shape index (κ1) is 20.9. The summed E-state index contributed by atoms with van der Waals surface area (Å²) in [5.74, 6) is 1.93. The van der Waals surface area contributed by atoms with E-state index in [1.54, 1.807) is 7.11 Å². The smallest absolute Gasteiger partial charge is 0.253 e. The standard InChI is InChI=1S/C23H32N4O3/c1-4-26(5-2)21(28)20-17-27-15-12-24-22(27)23(30-20)10-13-25(14-11-23)16-18-6-8-19(29-3)9-7-18/h6-9,12,15,20H,4-5,10-11,13-14,16-17H2,1-3H3. The Labute approximate surface area is 178 Å². The minimum absolute atomic E-state index is 0.0828. The summed E-state index contributed by atoms with van der Waals surface area (Å²) in [5, 5.41) is 0. The fourth-order valence-corrected chi connectivity index (χ4v) is 4.67. The van der Waals surface area contributed by atoms with Gasteiger partial charge in [0.15, 0.2) is 6.10 Å². The highest BCUT2D eigenvalue weighted by Crippen LogP contribution is 2.40. The predicted molar refractivity (Wildman–Crippen MR) is 114 cm³/mol. The van der Waals surface area contributed by atoms with Gasteiger partial charge in [0.2, 0.25) is 0 Å². The highest BCUT2D eigenvalue weighted by Gasteiger charge is 2.47. The van der Waals surface area contributed by atoms with E-state index in [0.29, 0.717) is 19.6 Å². The van der Waals surface area contributed by atoms with E-state index in [1.165, 1.54) is 5.56 Å². The molecular weight excluding hydrogens is 380 g/mol. The van der Waals surface area contributed by atoms with E-state index in [2.05, 4.69) is 26.6 Å². The Balaban J connectivity index is 1.46. The first-order valence-electron chi connectivity index (χ1n) is 10.9. The molecule has 0 N–H and O–H groups in total. The second kappa shape index (κ2) is 8.78. The second-order valence-electron chi connectivity index (χ2n) is 8.14. The van der Waals surface area contributed by atoms with Crippen molar-refractivity contribution in [2.75, 3.05) is 33.3 Å². The van der Waals surface area contributed by atoms with E-state index in [0.717, 1.165) is 44.0 Å². The molecule has 2 aliphatic heterocycles. The van der Waals surface area contributed by atoms with Gasteiger partial charge in [-0.25, -0.2) is 4.98 Å². The maximum Gasteiger partial charge on any atom is 0.253 e. The molecule has 1 saturated heterocycles. The molecule has 1 amide bonds. The van der Waals surface area contributed by atoms with Crippen LogP contribution in [0.2, 0.25) is 0 Å². The SMILES string of the molecule is CCN(CC)C(=O)C1Cn2ccnc2C2(CCN(Cc3ccc(OC)cc3)CC2)O1. The van der Waals surface area contributed by atoms with Gasteiger partial charge < -0.3 is 18.9 Å². The third kappa shape index (κ3) is 3.96. The number of piperidine rings is 1. The third-order valence-electron chi connectivity index (χ3n) is 6.43. The largest absolute Gasteiger partial charge is 0.497 e. The molecule has 0 saturated carbocycles. The normalized spacial score (nSPS) is 20.7. The molecule has 1 aromatic carbocycles. The van der Waals surface area contributed by atoms with Crippen LogP contribution >= 0.6 is 0 Å². The van der Waals surface area contributed by atoms with Crippen LogP contribution < -0.4 is 4.74 Å². The highest BCUT2D eigenvalue weighted by molar-refractivity contribution is 5.81. The van der Waals surface area contributed by atoms with Crippen molar-refractivity contribution in [1.82, 2.24) is 19.4 Å². The molecule has 1 atom stereocenters. The van der Waals surface area contributed by atoms with Gasteiger partial charge in [0.1, 0.15) is 17.2 Å². The van der Waals surface area contributed by atoms with E-state index >= 15 is 0 Å². The van der Waals surface area contributed by atoms with Crippen molar-refractivity contribution >= 4 is 5.91 Å². The molecule has 1 aromatic heterocycles. The molecular formula is C23H32N4O3. The first-order valence-corrected chi connectivity index (χ1v) is 10.9. The lowest BCUT2D eigenvalue weighted by molar-refractivity contribution is -0.181. The molecule has 30 heavy (non-hydrogen) atoms. The lowest BCUT2D eigenvalue weighted by atomic mass is 9.88. The number of likely N-dealkylation sites (N-methyl/N-ethyl adjacent to an activating group) is 1. The van der Waals surface area contributed by atoms with Gasteiger partial charge in [0.05, 0.1) is 13.7 Å². The van der Waals surface area contributed by atoms with Crippen molar-refractivity contribution in [2.45, 2.75) is 51.5 Å². The minimum atomic E-state index is -0.481. The summed E-state index contributed by atoms with van der Waals surface area (Å²) < 4.78 is 13.9. The van der Waals surface area contributed by atoms with Gasteiger partial charge in [-0.05, 0) is 44.4 Å². The van der Waals surface area contributed by atoms with Crippen LogP contribution in [0.3, 0.4) is 0 Å². The quantitative estimate of drug-likeness (QED) is 0.730. The molecule has 0 bridgehead atoms. The summed E-state index contributed by atoms with van der Waals surface area (Å²) in [6, 6.07) is 8.24. The lowest BCUT2D eigenvalue weighted by Gasteiger charge is -2.46. The number of ether oxygens (including phenoxy) is 2. The Hall–Kier alpha value is -2.38. The molecule has 3 heterocycles. The Bertz CT molecular complexity index is 852. The van der Waals surface area contributed by atoms with Crippen LogP contribution in [0, 0.1) is 0 Å². The van der Waals surface area contributed by atoms with E-state index in [4.69, 9.17) is 9.47 Å². The van der Waals surface area contributed by atoms with Gasteiger partial charge >= 0.3 is 0 Å². The molecule has 7 nitrogen and oxygen atoms in total. The van der Waals surface area contributed by atoms with Crippen LogP contribution in [0.5, 0.6) is 5.75 Å². The number of carbonyl (C=O) groups is 1.